The van der Waals surface area contributed by atoms with E-state index < -0.39 is 0 Å². The summed E-state index contributed by atoms with van der Waals surface area (Å²) in [5, 5.41) is 0. The van der Waals surface area contributed by atoms with Crippen LogP contribution in [0.4, 0.5) is 0 Å². The van der Waals surface area contributed by atoms with Gasteiger partial charge >= 0.3 is 0 Å². The summed E-state index contributed by atoms with van der Waals surface area (Å²) in [6.07, 6.45) is 2.63. The van der Waals surface area contributed by atoms with Crippen LogP contribution in [0.3, 0.4) is 0 Å². The zero-order chi connectivity index (χ0) is 24.0. The van der Waals surface area contributed by atoms with Crippen molar-refractivity contribution in [1.82, 2.24) is 4.90 Å². The molecule has 0 N–H and O–H groups in total. The van der Waals surface area contributed by atoms with E-state index in [-0.39, 0.29) is 28.3 Å². The average molecular weight is 452 g/mol. The summed E-state index contributed by atoms with van der Waals surface area (Å²) in [6, 6.07) is 7.95. The fourth-order valence-electron chi connectivity index (χ4n) is 5.76. The summed E-state index contributed by atoms with van der Waals surface area (Å²) in [5.74, 6) is 0.810. The Kier molecular flexibility index (Phi) is 6.30. The van der Waals surface area contributed by atoms with Gasteiger partial charge in [-0.2, -0.15) is 0 Å². The van der Waals surface area contributed by atoms with Crippen LogP contribution in [0.25, 0.3) is 0 Å². The van der Waals surface area contributed by atoms with E-state index in [1.165, 1.54) is 0 Å². The predicted molar refractivity (Wildman–Crippen MR) is 129 cm³/mol. The fraction of sp³-hybridized carbons (Fsp3) is 0.571. The van der Waals surface area contributed by atoms with Gasteiger partial charge in [-0.3, -0.25) is 9.59 Å². The van der Waals surface area contributed by atoms with E-state index in [1.807, 2.05) is 31.2 Å². The van der Waals surface area contributed by atoms with Gasteiger partial charge in [0.2, 0.25) is 0 Å². The van der Waals surface area contributed by atoms with Crippen LogP contribution in [0.2, 0.25) is 0 Å². The lowest BCUT2D eigenvalue weighted by Gasteiger charge is -2.49. The third-order valence-electron chi connectivity index (χ3n) is 7.07. The lowest BCUT2D eigenvalue weighted by atomic mass is 9.63. The molecule has 0 unspecified atom stereocenters. The highest BCUT2D eigenvalue weighted by Gasteiger charge is 2.48. The molecule has 0 atom stereocenters. The zero-order valence-corrected chi connectivity index (χ0v) is 20.9. The van der Waals surface area contributed by atoms with E-state index in [0.717, 1.165) is 46.7 Å². The SMILES string of the molecule is CCOc1ccc(C2C3=C(CC(C)(C)CC3=O)N(CCOC)C3=C2C(=O)CC(C)(C)C3)cc1. The van der Waals surface area contributed by atoms with Crippen molar-refractivity contribution >= 4 is 11.6 Å². The van der Waals surface area contributed by atoms with Crippen LogP contribution in [0, 0.1) is 10.8 Å². The first kappa shape index (κ1) is 23.7. The highest BCUT2D eigenvalue weighted by molar-refractivity contribution is 6.06. The van der Waals surface area contributed by atoms with Crippen molar-refractivity contribution in [2.24, 2.45) is 10.8 Å². The summed E-state index contributed by atoms with van der Waals surface area (Å²) in [7, 11) is 1.70. The Bertz CT molecular complexity index is 959. The second-order valence-corrected chi connectivity index (χ2v) is 11.2. The average Bonchev–Trinajstić information content (AvgIpc) is 2.71. The molecule has 1 aromatic carbocycles. The molecule has 178 valence electrons. The molecule has 0 saturated heterocycles. The molecule has 0 fully saturated rings. The number of nitrogens with zero attached hydrogens (tertiary/aromatic N) is 1. The van der Waals surface area contributed by atoms with Crippen molar-refractivity contribution in [1.29, 1.82) is 0 Å². The van der Waals surface area contributed by atoms with E-state index in [1.54, 1.807) is 7.11 Å². The Labute approximate surface area is 197 Å². The van der Waals surface area contributed by atoms with Gasteiger partial charge in [-0.05, 0) is 48.3 Å². The molecular formula is C28H37NO4. The zero-order valence-electron chi connectivity index (χ0n) is 20.9. The minimum Gasteiger partial charge on any atom is -0.494 e. The molecule has 33 heavy (non-hydrogen) atoms. The topological polar surface area (TPSA) is 55.8 Å². The number of carbonyl (C=O) groups excluding carboxylic acids is 2. The molecule has 1 heterocycles. The minimum absolute atomic E-state index is 0.114. The molecule has 0 radical (unpaired) electrons. The molecule has 3 aliphatic rings. The summed E-state index contributed by atoms with van der Waals surface area (Å²) in [6.45, 7) is 12.4. The number of methoxy groups -OCH3 is 1. The van der Waals surface area contributed by atoms with Gasteiger partial charge in [0, 0.05) is 55.0 Å². The van der Waals surface area contributed by atoms with Crippen LogP contribution in [-0.2, 0) is 14.3 Å². The maximum atomic E-state index is 13.7. The van der Waals surface area contributed by atoms with E-state index in [4.69, 9.17) is 9.47 Å². The van der Waals surface area contributed by atoms with Crippen molar-refractivity contribution < 1.29 is 19.1 Å². The molecule has 4 rings (SSSR count). The summed E-state index contributed by atoms with van der Waals surface area (Å²) < 4.78 is 11.1. The smallest absolute Gasteiger partial charge is 0.162 e. The van der Waals surface area contributed by atoms with E-state index >= 15 is 0 Å². The molecule has 1 aromatic rings. The van der Waals surface area contributed by atoms with Crippen molar-refractivity contribution in [3.63, 3.8) is 0 Å². The number of carbonyl (C=O) groups is 2. The fourth-order valence-corrected chi connectivity index (χ4v) is 5.76. The highest BCUT2D eigenvalue weighted by Crippen LogP contribution is 2.54. The van der Waals surface area contributed by atoms with Crippen molar-refractivity contribution in [2.45, 2.75) is 66.2 Å². The number of hydrogen-bond acceptors (Lipinski definition) is 5. The molecule has 0 bridgehead atoms. The first-order chi connectivity index (χ1) is 15.6. The largest absolute Gasteiger partial charge is 0.494 e. The van der Waals surface area contributed by atoms with Gasteiger partial charge in [-0.1, -0.05) is 39.8 Å². The number of benzene rings is 1. The molecule has 0 aromatic heterocycles. The monoisotopic (exact) mass is 451 g/mol. The Morgan fingerprint density at radius 1 is 0.879 bits per heavy atom. The second kappa shape index (κ2) is 8.75. The first-order valence-electron chi connectivity index (χ1n) is 12.1. The number of hydrogen-bond donors (Lipinski definition) is 0. The third-order valence-corrected chi connectivity index (χ3v) is 7.07. The van der Waals surface area contributed by atoms with Crippen LogP contribution in [-0.4, -0.2) is 43.3 Å². The number of Topliss-reactive ketones (excluding diaryl/α,β-unsaturated/α-hetero) is 2. The highest BCUT2D eigenvalue weighted by atomic mass is 16.5. The van der Waals surface area contributed by atoms with Gasteiger partial charge < -0.3 is 14.4 Å². The van der Waals surface area contributed by atoms with Gasteiger partial charge in [-0.25, -0.2) is 0 Å². The van der Waals surface area contributed by atoms with Crippen LogP contribution in [0.5, 0.6) is 5.75 Å². The normalized spacial score (nSPS) is 22.4. The maximum absolute atomic E-state index is 13.7. The van der Waals surface area contributed by atoms with Gasteiger partial charge in [0.05, 0.1) is 13.2 Å². The third kappa shape index (κ3) is 4.52. The standard InChI is InChI=1S/C28H37NO4/c1-7-33-19-10-8-18(9-11-19)24-25-20(14-27(2,3)16-22(25)30)29(12-13-32-6)21-15-28(4,5)17-23(31)26(21)24/h8-11,24H,7,12-17H2,1-6H3. The number of ketones is 2. The van der Waals surface area contributed by atoms with Crippen LogP contribution < -0.4 is 4.74 Å². The quantitative estimate of drug-likeness (QED) is 0.578. The molecule has 5 heteroatoms. The molecular weight excluding hydrogens is 414 g/mol. The van der Waals surface area contributed by atoms with Crippen LogP contribution in [0.1, 0.15) is 71.8 Å². The number of rotatable bonds is 6. The van der Waals surface area contributed by atoms with Crippen molar-refractivity contribution in [3.05, 3.63) is 52.4 Å². The summed E-state index contributed by atoms with van der Waals surface area (Å²) >= 11 is 0. The molecule has 0 amide bonds. The number of allylic oxidation sites excluding steroid dienone is 4. The maximum Gasteiger partial charge on any atom is 0.162 e. The predicted octanol–water partition coefficient (Wildman–Crippen LogP) is 5.42. The Balaban J connectivity index is 1.92. The van der Waals surface area contributed by atoms with Crippen molar-refractivity contribution in [3.8, 4) is 5.75 Å². The number of ether oxygens (including phenoxy) is 2. The van der Waals surface area contributed by atoms with Crippen LogP contribution >= 0.6 is 0 Å². The Morgan fingerprint density at radius 3 is 1.85 bits per heavy atom. The summed E-state index contributed by atoms with van der Waals surface area (Å²) in [4.78, 5) is 29.6. The van der Waals surface area contributed by atoms with Crippen molar-refractivity contribution in [2.75, 3.05) is 26.9 Å². The lowest BCUT2D eigenvalue weighted by Crippen LogP contribution is -2.45. The van der Waals surface area contributed by atoms with Gasteiger partial charge in [0.1, 0.15) is 5.75 Å². The lowest BCUT2D eigenvalue weighted by molar-refractivity contribution is -0.119. The van der Waals surface area contributed by atoms with Gasteiger partial charge in [0.15, 0.2) is 11.6 Å². The summed E-state index contributed by atoms with van der Waals surface area (Å²) in [5.41, 5.74) is 4.54. The van der Waals surface area contributed by atoms with Crippen LogP contribution in [0.15, 0.2) is 46.8 Å². The van der Waals surface area contributed by atoms with Gasteiger partial charge in [-0.15, -0.1) is 0 Å². The molecule has 2 aliphatic carbocycles. The second-order valence-electron chi connectivity index (χ2n) is 11.2. The Hall–Kier alpha value is -2.40. The molecule has 5 nitrogen and oxygen atoms in total. The van der Waals surface area contributed by atoms with Gasteiger partial charge in [0.25, 0.3) is 0 Å². The minimum atomic E-state index is -0.309. The van der Waals surface area contributed by atoms with E-state index in [0.29, 0.717) is 32.6 Å². The molecule has 1 aliphatic heterocycles. The first-order valence-corrected chi connectivity index (χ1v) is 12.1. The molecule has 0 saturated carbocycles. The van der Waals surface area contributed by atoms with E-state index in [9.17, 15) is 9.59 Å². The molecule has 0 spiro atoms. The van der Waals surface area contributed by atoms with E-state index in [2.05, 4.69) is 32.6 Å². The Morgan fingerprint density at radius 2 is 1.39 bits per heavy atom.